The molecule has 0 aliphatic rings. The third kappa shape index (κ3) is 5.16. The second-order valence-electron chi connectivity index (χ2n) is 5.40. The van der Waals surface area contributed by atoms with Gasteiger partial charge in [-0.3, -0.25) is 9.59 Å². The molecule has 0 bridgehead atoms. The summed E-state index contributed by atoms with van der Waals surface area (Å²) in [5, 5.41) is 4.70. The molecular weight excluding hydrogens is 367 g/mol. The van der Waals surface area contributed by atoms with E-state index in [0.29, 0.717) is 5.13 Å². The number of hydrogen-bond donors (Lipinski definition) is 1. The Balaban J connectivity index is 2.14. The number of benzene rings is 1. The summed E-state index contributed by atoms with van der Waals surface area (Å²) in [4.78, 5) is 29.8. The molecule has 1 aromatic carbocycles. The van der Waals surface area contributed by atoms with Gasteiger partial charge in [-0.1, -0.05) is 12.1 Å². The molecule has 0 fully saturated rings. The van der Waals surface area contributed by atoms with E-state index < -0.39 is 23.6 Å². The number of nitrogens with one attached hydrogen (secondary N) is 1. The van der Waals surface area contributed by atoms with Gasteiger partial charge in [-0.2, -0.15) is 13.2 Å². The average Bonchev–Trinajstić information content (AvgIpc) is 2.98. The smallest absolute Gasteiger partial charge is 0.326 e. The van der Waals surface area contributed by atoms with Gasteiger partial charge in [0, 0.05) is 17.5 Å². The van der Waals surface area contributed by atoms with E-state index in [1.54, 1.807) is 12.3 Å². The van der Waals surface area contributed by atoms with Gasteiger partial charge in [0.15, 0.2) is 5.13 Å². The lowest BCUT2D eigenvalue weighted by molar-refractivity contribution is -0.137. The molecule has 1 aromatic heterocycles. The number of thiazole rings is 1. The number of aromatic nitrogens is 1. The van der Waals surface area contributed by atoms with Crippen LogP contribution < -0.4 is 5.32 Å². The number of anilines is 1. The lowest BCUT2D eigenvalue weighted by atomic mass is 10.1. The molecule has 0 saturated heterocycles. The molecule has 0 spiro atoms. The number of rotatable bonds is 6. The number of hydrogen-bond acceptors (Lipinski definition) is 4. The maximum atomic E-state index is 12.8. The standard InChI is InChI=1S/C17H16F3N3O2S/c1-3-7-23(9-14(24)22-16-21-11(2)10-26-16)15(25)12-5-4-6-13(8-12)17(18,19)20/h3-6,8,10H,1,7,9H2,2H3,(H,21,22,24). The first-order chi connectivity index (χ1) is 12.2. The summed E-state index contributed by atoms with van der Waals surface area (Å²) >= 11 is 1.24. The summed E-state index contributed by atoms with van der Waals surface area (Å²) in [5.74, 6) is -1.19. The minimum atomic E-state index is -4.56. The Labute approximate surface area is 152 Å². The normalized spacial score (nSPS) is 11.1. The molecule has 138 valence electrons. The molecule has 0 aliphatic carbocycles. The topological polar surface area (TPSA) is 62.3 Å². The van der Waals surface area contributed by atoms with Crippen LogP contribution >= 0.6 is 11.3 Å². The van der Waals surface area contributed by atoms with Gasteiger partial charge in [0.2, 0.25) is 5.91 Å². The van der Waals surface area contributed by atoms with Crippen LogP contribution in [-0.2, 0) is 11.0 Å². The van der Waals surface area contributed by atoms with Gasteiger partial charge in [-0.25, -0.2) is 4.98 Å². The zero-order chi connectivity index (χ0) is 19.3. The number of carbonyl (C=O) groups is 2. The summed E-state index contributed by atoms with van der Waals surface area (Å²) in [6.07, 6.45) is -3.16. The zero-order valence-electron chi connectivity index (χ0n) is 13.8. The third-order valence-electron chi connectivity index (χ3n) is 3.27. The van der Waals surface area contributed by atoms with Crippen LogP contribution in [0.2, 0.25) is 0 Å². The predicted molar refractivity (Wildman–Crippen MR) is 93.0 cm³/mol. The molecule has 0 aliphatic heterocycles. The SMILES string of the molecule is C=CCN(CC(=O)Nc1nc(C)cs1)C(=O)c1cccc(C(F)(F)F)c1. The Morgan fingerprint density at radius 2 is 2.12 bits per heavy atom. The third-order valence-corrected chi connectivity index (χ3v) is 4.15. The van der Waals surface area contributed by atoms with Crippen LogP contribution in [0, 0.1) is 6.92 Å². The van der Waals surface area contributed by atoms with Crippen LogP contribution in [-0.4, -0.2) is 34.8 Å². The molecule has 0 radical (unpaired) electrons. The molecule has 26 heavy (non-hydrogen) atoms. The fourth-order valence-electron chi connectivity index (χ4n) is 2.13. The van der Waals surface area contributed by atoms with E-state index in [9.17, 15) is 22.8 Å². The summed E-state index contributed by atoms with van der Waals surface area (Å²) in [6.45, 7) is 4.96. The minimum Gasteiger partial charge on any atom is -0.326 e. The maximum absolute atomic E-state index is 12.8. The Bertz CT molecular complexity index is 818. The van der Waals surface area contributed by atoms with Crippen LogP contribution in [0.15, 0.2) is 42.3 Å². The maximum Gasteiger partial charge on any atom is 0.416 e. The fraction of sp³-hybridized carbons (Fsp3) is 0.235. The van der Waals surface area contributed by atoms with E-state index in [-0.39, 0.29) is 18.7 Å². The molecule has 0 atom stereocenters. The van der Waals surface area contributed by atoms with Crippen molar-refractivity contribution in [3.05, 3.63) is 59.1 Å². The van der Waals surface area contributed by atoms with E-state index in [0.717, 1.165) is 28.8 Å². The Hall–Kier alpha value is -2.68. The molecule has 0 unspecified atom stereocenters. The van der Waals surface area contributed by atoms with Crippen LogP contribution in [0.4, 0.5) is 18.3 Å². The highest BCUT2D eigenvalue weighted by molar-refractivity contribution is 7.13. The molecule has 5 nitrogen and oxygen atoms in total. The highest BCUT2D eigenvalue weighted by Crippen LogP contribution is 2.29. The second-order valence-corrected chi connectivity index (χ2v) is 6.25. The average molecular weight is 383 g/mol. The van der Waals surface area contributed by atoms with E-state index in [4.69, 9.17) is 0 Å². The molecule has 1 heterocycles. The van der Waals surface area contributed by atoms with Gasteiger partial charge >= 0.3 is 6.18 Å². The number of aryl methyl sites for hydroxylation is 1. The van der Waals surface area contributed by atoms with E-state index in [1.165, 1.54) is 23.5 Å². The largest absolute Gasteiger partial charge is 0.416 e. The van der Waals surface area contributed by atoms with Crippen molar-refractivity contribution >= 4 is 28.3 Å². The predicted octanol–water partition coefficient (Wildman–Crippen LogP) is 3.74. The van der Waals surface area contributed by atoms with Crippen molar-refractivity contribution in [2.75, 3.05) is 18.4 Å². The number of nitrogens with zero attached hydrogens (tertiary/aromatic N) is 2. The van der Waals surface area contributed by atoms with Crippen molar-refractivity contribution in [3.8, 4) is 0 Å². The molecule has 9 heteroatoms. The van der Waals surface area contributed by atoms with Gasteiger partial charge in [0.05, 0.1) is 11.3 Å². The lowest BCUT2D eigenvalue weighted by Gasteiger charge is -2.21. The van der Waals surface area contributed by atoms with Crippen molar-refractivity contribution in [1.29, 1.82) is 0 Å². The zero-order valence-corrected chi connectivity index (χ0v) is 14.7. The van der Waals surface area contributed by atoms with E-state index >= 15 is 0 Å². The summed E-state index contributed by atoms with van der Waals surface area (Å²) < 4.78 is 38.5. The molecule has 1 N–H and O–H groups in total. The van der Waals surface area contributed by atoms with Gasteiger partial charge in [-0.15, -0.1) is 17.9 Å². The van der Waals surface area contributed by atoms with Gasteiger partial charge in [0.25, 0.3) is 5.91 Å². The molecule has 2 rings (SSSR count). The summed E-state index contributed by atoms with van der Waals surface area (Å²) in [6, 6.07) is 4.07. The van der Waals surface area contributed by atoms with E-state index in [1.807, 2.05) is 0 Å². The number of alkyl halides is 3. The van der Waals surface area contributed by atoms with Crippen molar-refractivity contribution in [2.45, 2.75) is 13.1 Å². The quantitative estimate of drug-likeness (QED) is 0.773. The molecular formula is C17H16F3N3O2S. The Kier molecular flexibility index (Phi) is 6.14. The fourth-order valence-corrected chi connectivity index (χ4v) is 2.83. The number of halogens is 3. The first-order valence-corrected chi connectivity index (χ1v) is 8.38. The number of amides is 2. The van der Waals surface area contributed by atoms with E-state index in [2.05, 4.69) is 16.9 Å². The van der Waals surface area contributed by atoms with Gasteiger partial charge < -0.3 is 10.2 Å². The highest BCUT2D eigenvalue weighted by Gasteiger charge is 2.31. The van der Waals surface area contributed by atoms with Crippen LogP contribution in [0.25, 0.3) is 0 Å². The van der Waals surface area contributed by atoms with Crippen molar-refractivity contribution in [3.63, 3.8) is 0 Å². The van der Waals surface area contributed by atoms with Crippen molar-refractivity contribution in [2.24, 2.45) is 0 Å². The summed E-state index contributed by atoms with van der Waals surface area (Å²) in [5.41, 5.74) is -0.336. The Morgan fingerprint density at radius 1 is 1.38 bits per heavy atom. The molecule has 2 aromatic rings. The van der Waals surface area contributed by atoms with Gasteiger partial charge in [-0.05, 0) is 25.1 Å². The first kappa shape index (κ1) is 19.6. The molecule has 2 amide bonds. The monoisotopic (exact) mass is 383 g/mol. The lowest BCUT2D eigenvalue weighted by Crippen LogP contribution is -2.38. The van der Waals surface area contributed by atoms with Crippen LogP contribution in [0.3, 0.4) is 0 Å². The molecule has 0 saturated carbocycles. The highest BCUT2D eigenvalue weighted by atomic mass is 32.1. The second kappa shape index (κ2) is 8.13. The van der Waals surface area contributed by atoms with Crippen LogP contribution in [0.1, 0.15) is 21.6 Å². The number of carbonyl (C=O) groups excluding carboxylic acids is 2. The first-order valence-electron chi connectivity index (χ1n) is 7.50. The van der Waals surface area contributed by atoms with Crippen LogP contribution in [0.5, 0.6) is 0 Å². The van der Waals surface area contributed by atoms with Gasteiger partial charge in [0.1, 0.15) is 6.54 Å². The minimum absolute atomic E-state index is 0.0133. The Morgan fingerprint density at radius 3 is 2.69 bits per heavy atom. The van der Waals surface area contributed by atoms with Crippen molar-refractivity contribution in [1.82, 2.24) is 9.88 Å². The summed E-state index contributed by atoms with van der Waals surface area (Å²) in [7, 11) is 0. The van der Waals surface area contributed by atoms with Crippen molar-refractivity contribution < 1.29 is 22.8 Å².